The SMILES string of the molecule is Cc1[nH]c(CCC(C)N)nc1-c1c[nH]c2ccccc12. The molecule has 0 spiro atoms. The lowest BCUT2D eigenvalue weighted by Crippen LogP contribution is -2.15. The number of aromatic amines is 2. The van der Waals surface area contributed by atoms with Gasteiger partial charge in [0, 0.05) is 40.8 Å². The molecule has 4 nitrogen and oxygen atoms in total. The summed E-state index contributed by atoms with van der Waals surface area (Å²) < 4.78 is 0. The van der Waals surface area contributed by atoms with E-state index in [1.54, 1.807) is 0 Å². The van der Waals surface area contributed by atoms with Crippen LogP contribution in [0.5, 0.6) is 0 Å². The van der Waals surface area contributed by atoms with Gasteiger partial charge in [0.2, 0.25) is 0 Å². The highest BCUT2D eigenvalue weighted by Gasteiger charge is 2.13. The molecule has 2 heterocycles. The number of fused-ring (bicyclic) bond motifs is 1. The monoisotopic (exact) mass is 268 g/mol. The largest absolute Gasteiger partial charge is 0.360 e. The Kier molecular flexibility index (Phi) is 3.32. The third kappa shape index (κ3) is 2.34. The van der Waals surface area contributed by atoms with Gasteiger partial charge in [-0.25, -0.2) is 4.98 Å². The smallest absolute Gasteiger partial charge is 0.107 e. The zero-order valence-corrected chi connectivity index (χ0v) is 11.9. The molecule has 1 atom stereocenters. The molecule has 0 radical (unpaired) electrons. The minimum Gasteiger partial charge on any atom is -0.360 e. The van der Waals surface area contributed by atoms with Crippen molar-refractivity contribution in [1.82, 2.24) is 15.0 Å². The molecule has 1 aromatic carbocycles. The van der Waals surface area contributed by atoms with Gasteiger partial charge in [0.1, 0.15) is 5.82 Å². The van der Waals surface area contributed by atoms with Gasteiger partial charge in [0.25, 0.3) is 0 Å². The lowest BCUT2D eigenvalue weighted by molar-refractivity contribution is 0.651. The summed E-state index contributed by atoms with van der Waals surface area (Å²) in [5, 5.41) is 1.21. The maximum atomic E-state index is 5.81. The van der Waals surface area contributed by atoms with E-state index in [-0.39, 0.29) is 6.04 Å². The topological polar surface area (TPSA) is 70.5 Å². The standard InChI is InChI=1S/C16H20N4/c1-10(17)7-8-15-19-11(2)16(20-15)13-9-18-14-6-4-3-5-12(13)14/h3-6,9-10,18H,7-8,17H2,1-2H3,(H,19,20). The minimum atomic E-state index is 0.206. The second-order valence-electron chi connectivity index (χ2n) is 5.42. The number of H-pyrrole nitrogens is 2. The Morgan fingerprint density at radius 1 is 1.30 bits per heavy atom. The second-order valence-corrected chi connectivity index (χ2v) is 5.42. The number of aryl methyl sites for hydroxylation is 2. The van der Waals surface area contributed by atoms with Crippen LogP contribution in [0.1, 0.15) is 24.9 Å². The van der Waals surface area contributed by atoms with Gasteiger partial charge in [-0.1, -0.05) is 18.2 Å². The summed E-state index contributed by atoms with van der Waals surface area (Å²) in [4.78, 5) is 11.4. The molecular formula is C16H20N4. The molecule has 2 aromatic heterocycles. The van der Waals surface area contributed by atoms with Gasteiger partial charge in [0.15, 0.2) is 0 Å². The number of hydrogen-bond acceptors (Lipinski definition) is 2. The minimum absolute atomic E-state index is 0.206. The van der Waals surface area contributed by atoms with Crippen molar-refractivity contribution in [1.29, 1.82) is 0 Å². The average molecular weight is 268 g/mol. The normalized spacial score (nSPS) is 12.9. The number of nitrogens with two attached hydrogens (primary N) is 1. The van der Waals surface area contributed by atoms with Gasteiger partial charge >= 0.3 is 0 Å². The van der Waals surface area contributed by atoms with Crippen LogP contribution in [0, 0.1) is 6.92 Å². The van der Waals surface area contributed by atoms with E-state index in [0.717, 1.165) is 41.1 Å². The maximum Gasteiger partial charge on any atom is 0.107 e. The average Bonchev–Trinajstić information content (AvgIpc) is 2.99. The van der Waals surface area contributed by atoms with Crippen LogP contribution in [0.15, 0.2) is 30.5 Å². The number of nitrogens with zero attached hydrogens (tertiary/aromatic N) is 1. The van der Waals surface area contributed by atoms with Crippen LogP contribution in [-0.4, -0.2) is 21.0 Å². The van der Waals surface area contributed by atoms with E-state index in [0.29, 0.717) is 0 Å². The van der Waals surface area contributed by atoms with Crippen molar-refractivity contribution < 1.29 is 0 Å². The number of para-hydroxylation sites is 1. The van der Waals surface area contributed by atoms with Crippen LogP contribution < -0.4 is 5.73 Å². The van der Waals surface area contributed by atoms with Crippen molar-refractivity contribution in [3.8, 4) is 11.3 Å². The molecule has 104 valence electrons. The third-order valence-corrected chi connectivity index (χ3v) is 3.61. The molecule has 4 N–H and O–H groups in total. The summed E-state index contributed by atoms with van der Waals surface area (Å²) in [7, 11) is 0. The zero-order valence-electron chi connectivity index (χ0n) is 11.9. The van der Waals surface area contributed by atoms with Crippen LogP contribution in [0.25, 0.3) is 22.2 Å². The predicted octanol–water partition coefficient (Wildman–Crippen LogP) is 3.15. The number of imidazole rings is 1. The van der Waals surface area contributed by atoms with E-state index >= 15 is 0 Å². The maximum absolute atomic E-state index is 5.81. The number of rotatable bonds is 4. The first kappa shape index (κ1) is 12.9. The van der Waals surface area contributed by atoms with Crippen molar-refractivity contribution in [3.05, 3.63) is 42.0 Å². The Bertz CT molecular complexity index is 721. The van der Waals surface area contributed by atoms with Gasteiger partial charge in [0.05, 0.1) is 5.69 Å². The van der Waals surface area contributed by atoms with E-state index < -0.39 is 0 Å². The molecule has 0 saturated heterocycles. The van der Waals surface area contributed by atoms with Gasteiger partial charge < -0.3 is 15.7 Å². The Hall–Kier alpha value is -2.07. The van der Waals surface area contributed by atoms with Gasteiger partial charge in [-0.2, -0.15) is 0 Å². The summed E-state index contributed by atoms with van der Waals surface area (Å²) in [5.74, 6) is 1.01. The lowest BCUT2D eigenvalue weighted by atomic mass is 10.1. The first-order chi connectivity index (χ1) is 9.65. The molecule has 0 saturated carbocycles. The number of nitrogens with one attached hydrogen (secondary N) is 2. The predicted molar refractivity (Wildman–Crippen MR) is 82.6 cm³/mol. The van der Waals surface area contributed by atoms with E-state index in [1.165, 1.54) is 5.39 Å². The molecule has 4 heteroatoms. The summed E-state index contributed by atoms with van der Waals surface area (Å²) >= 11 is 0. The van der Waals surface area contributed by atoms with E-state index in [2.05, 4.69) is 35.1 Å². The molecule has 0 bridgehead atoms. The zero-order chi connectivity index (χ0) is 14.1. The molecule has 3 aromatic rings. The van der Waals surface area contributed by atoms with Crippen molar-refractivity contribution in [3.63, 3.8) is 0 Å². The first-order valence-corrected chi connectivity index (χ1v) is 7.02. The van der Waals surface area contributed by atoms with E-state index in [1.807, 2.05) is 19.2 Å². The van der Waals surface area contributed by atoms with Crippen molar-refractivity contribution in [2.24, 2.45) is 5.73 Å². The molecule has 0 aliphatic heterocycles. The van der Waals surface area contributed by atoms with E-state index in [9.17, 15) is 0 Å². The first-order valence-electron chi connectivity index (χ1n) is 7.02. The fourth-order valence-corrected chi connectivity index (χ4v) is 2.53. The Labute approximate surface area is 118 Å². The Balaban J connectivity index is 1.97. The fourth-order valence-electron chi connectivity index (χ4n) is 2.53. The van der Waals surface area contributed by atoms with Crippen molar-refractivity contribution in [2.45, 2.75) is 32.7 Å². The van der Waals surface area contributed by atoms with Crippen molar-refractivity contribution in [2.75, 3.05) is 0 Å². The third-order valence-electron chi connectivity index (χ3n) is 3.61. The molecule has 0 aliphatic rings. The molecule has 3 rings (SSSR count). The van der Waals surface area contributed by atoms with E-state index in [4.69, 9.17) is 10.7 Å². The van der Waals surface area contributed by atoms with Crippen LogP contribution in [0.3, 0.4) is 0 Å². The number of hydrogen-bond donors (Lipinski definition) is 3. The van der Waals surface area contributed by atoms with Gasteiger partial charge in [-0.05, 0) is 26.3 Å². The van der Waals surface area contributed by atoms with Crippen LogP contribution in [0.4, 0.5) is 0 Å². The fraction of sp³-hybridized carbons (Fsp3) is 0.312. The van der Waals surface area contributed by atoms with Crippen molar-refractivity contribution >= 4 is 10.9 Å². The lowest BCUT2D eigenvalue weighted by Gasteiger charge is -2.01. The Morgan fingerprint density at radius 2 is 2.10 bits per heavy atom. The number of benzene rings is 1. The van der Waals surface area contributed by atoms with Crippen LogP contribution >= 0.6 is 0 Å². The molecule has 20 heavy (non-hydrogen) atoms. The molecule has 1 unspecified atom stereocenters. The highest BCUT2D eigenvalue weighted by Crippen LogP contribution is 2.29. The summed E-state index contributed by atoms with van der Waals surface area (Å²) in [6.45, 7) is 4.09. The van der Waals surface area contributed by atoms with Crippen LogP contribution in [-0.2, 0) is 6.42 Å². The van der Waals surface area contributed by atoms with Gasteiger partial charge in [-0.15, -0.1) is 0 Å². The highest BCUT2D eigenvalue weighted by atomic mass is 14.9. The highest BCUT2D eigenvalue weighted by molar-refractivity contribution is 5.95. The van der Waals surface area contributed by atoms with Crippen LogP contribution in [0.2, 0.25) is 0 Å². The summed E-state index contributed by atoms with van der Waals surface area (Å²) in [6, 6.07) is 8.50. The number of aromatic nitrogens is 3. The second kappa shape index (κ2) is 5.13. The molecule has 0 aliphatic carbocycles. The molecule has 0 amide bonds. The quantitative estimate of drug-likeness (QED) is 0.680. The Morgan fingerprint density at radius 3 is 2.90 bits per heavy atom. The van der Waals surface area contributed by atoms with Gasteiger partial charge in [-0.3, -0.25) is 0 Å². The summed E-state index contributed by atoms with van der Waals surface area (Å²) in [6.07, 6.45) is 3.87. The summed E-state index contributed by atoms with van der Waals surface area (Å²) in [5.41, 5.74) is 10.2. The molecule has 0 fully saturated rings. The molecular weight excluding hydrogens is 248 g/mol.